The second-order valence-electron chi connectivity index (χ2n) is 6.50. The molecular weight excluding hydrogens is 316 g/mol. The monoisotopic (exact) mass is 340 g/mol. The van der Waals surface area contributed by atoms with Crippen molar-refractivity contribution in [1.29, 1.82) is 0 Å². The van der Waals surface area contributed by atoms with Crippen LogP contribution in [0.1, 0.15) is 50.2 Å². The standard InChI is InChI=1S/C19H24N4O2/c1-5-9-25-16-8-6-7-15(10-16)12-22-14(4)20-19-21-17(13(2)3)11-18(24)23(19)22/h6-8,10-11,13H,5,9,12H2,1-4H3. The number of fused-ring (bicyclic) bond motifs is 1. The van der Waals surface area contributed by atoms with E-state index in [0.29, 0.717) is 18.9 Å². The fraction of sp³-hybridized carbons (Fsp3) is 0.421. The summed E-state index contributed by atoms with van der Waals surface area (Å²) >= 11 is 0. The van der Waals surface area contributed by atoms with Crippen molar-refractivity contribution in [3.8, 4) is 5.75 Å². The molecule has 0 N–H and O–H groups in total. The lowest BCUT2D eigenvalue weighted by Crippen LogP contribution is -2.23. The first kappa shape index (κ1) is 17.2. The lowest BCUT2D eigenvalue weighted by atomic mass is 10.1. The Kier molecular flexibility index (Phi) is 4.88. The summed E-state index contributed by atoms with van der Waals surface area (Å²) in [7, 11) is 0. The van der Waals surface area contributed by atoms with Gasteiger partial charge in [0.25, 0.3) is 11.3 Å². The van der Waals surface area contributed by atoms with E-state index in [1.807, 2.05) is 49.7 Å². The maximum Gasteiger partial charge on any atom is 0.274 e. The highest BCUT2D eigenvalue weighted by Crippen LogP contribution is 2.16. The van der Waals surface area contributed by atoms with Gasteiger partial charge in [-0.1, -0.05) is 32.9 Å². The molecule has 2 heterocycles. The van der Waals surface area contributed by atoms with E-state index < -0.39 is 0 Å². The smallest absolute Gasteiger partial charge is 0.274 e. The van der Waals surface area contributed by atoms with Gasteiger partial charge in [0, 0.05) is 6.07 Å². The SMILES string of the molecule is CCCOc1cccc(Cn2c(C)nc3nc(C(C)C)cc(=O)n32)c1. The maximum absolute atomic E-state index is 12.6. The van der Waals surface area contributed by atoms with Crippen molar-refractivity contribution < 1.29 is 4.74 Å². The summed E-state index contributed by atoms with van der Waals surface area (Å²) in [6.07, 6.45) is 0.967. The van der Waals surface area contributed by atoms with Crippen molar-refractivity contribution in [2.45, 2.75) is 46.6 Å². The van der Waals surface area contributed by atoms with Gasteiger partial charge in [0.2, 0.25) is 0 Å². The van der Waals surface area contributed by atoms with Crippen LogP contribution in [0, 0.1) is 6.92 Å². The van der Waals surface area contributed by atoms with E-state index in [4.69, 9.17) is 4.74 Å². The Morgan fingerprint density at radius 3 is 2.72 bits per heavy atom. The first-order valence-corrected chi connectivity index (χ1v) is 8.68. The molecule has 132 valence electrons. The number of ether oxygens (including phenoxy) is 1. The van der Waals surface area contributed by atoms with Gasteiger partial charge in [0.1, 0.15) is 11.6 Å². The second kappa shape index (κ2) is 7.09. The molecule has 0 bridgehead atoms. The van der Waals surface area contributed by atoms with Crippen LogP contribution in [0.3, 0.4) is 0 Å². The Morgan fingerprint density at radius 1 is 1.20 bits per heavy atom. The van der Waals surface area contributed by atoms with Gasteiger partial charge in [0.05, 0.1) is 18.8 Å². The highest BCUT2D eigenvalue weighted by Gasteiger charge is 2.13. The van der Waals surface area contributed by atoms with Gasteiger partial charge in [-0.15, -0.1) is 0 Å². The summed E-state index contributed by atoms with van der Waals surface area (Å²) < 4.78 is 9.09. The average Bonchev–Trinajstić information content (AvgIpc) is 2.89. The summed E-state index contributed by atoms with van der Waals surface area (Å²) in [5.74, 6) is 2.24. The summed E-state index contributed by atoms with van der Waals surface area (Å²) in [4.78, 5) is 21.6. The van der Waals surface area contributed by atoms with Gasteiger partial charge in [-0.2, -0.15) is 9.50 Å². The molecule has 0 aliphatic carbocycles. The van der Waals surface area contributed by atoms with E-state index in [1.165, 1.54) is 0 Å². The number of aromatic nitrogens is 4. The Bertz CT molecular complexity index is 940. The summed E-state index contributed by atoms with van der Waals surface area (Å²) in [5, 5.41) is 0. The van der Waals surface area contributed by atoms with E-state index in [-0.39, 0.29) is 11.5 Å². The molecule has 0 unspecified atom stereocenters. The zero-order chi connectivity index (χ0) is 18.0. The van der Waals surface area contributed by atoms with Crippen molar-refractivity contribution >= 4 is 5.78 Å². The Hall–Kier alpha value is -2.63. The van der Waals surface area contributed by atoms with Crippen molar-refractivity contribution in [3.63, 3.8) is 0 Å². The third kappa shape index (κ3) is 3.57. The molecule has 25 heavy (non-hydrogen) atoms. The van der Waals surface area contributed by atoms with Crippen LogP contribution in [0.4, 0.5) is 0 Å². The molecule has 0 aliphatic rings. The summed E-state index contributed by atoms with van der Waals surface area (Å²) in [6, 6.07) is 9.52. The lowest BCUT2D eigenvalue weighted by Gasteiger charge is -2.10. The van der Waals surface area contributed by atoms with E-state index in [2.05, 4.69) is 16.9 Å². The van der Waals surface area contributed by atoms with Crippen LogP contribution in [0.2, 0.25) is 0 Å². The zero-order valence-electron chi connectivity index (χ0n) is 15.2. The van der Waals surface area contributed by atoms with Crippen LogP contribution < -0.4 is 10.3 Å². The minimum absolute atomic E-state index is 0.104. The van der Waals surface area contributed by atoms with Gasteiger partial charge in [-0.05, 0) is 37.0 Å². The predicted octanol–water partition coefficient (Wildman–Crippen LogP) is 3.16. The molecular formula is C19H24N4O2. The van der Waals surface area contributed by atoms with Crippen molar-refractivity contribution in [3.05, 3.63) is 57.8 Å². The maximum atomic E-state index is 12.6. The fourth-order valence-corrected chi connectivity index (χ4v) is 2.74. The Balaban J connectivity index is 1.99. The van der Waals surface area contributed by atoms with Gasteiger partial charge in [0.15, 0.2) is 0 Å². The molecule has 0 spiro atoms. The molecule has 3 aromatic rings. The topological polar surface area (TPSA) is 61.4 Å². The van der Waals surface area contributed by atoms with Crippen LogP contribution in [0.5, 0.6) is 5.75 Å². The average molecular weight is 340 g/mol. The quantitative estimate of drug-likeness (QED) is 0.691. The first-order chi connectivity index (χ1) is 12.0. The molecule has 0 fully saturated rings. The normalized spacial score (nSPS) is 11.4. The zero-order valence-corrected chi connectivity index (χ0v) is 15.2. The van der Waals surface area contributed by atoms with Crippen molar-refractivity contribution in [2.24, 2.45) is 0 Å². The lowest BCUT2D eigenvalue weighted by molar-refractivity contribution is 0.317. The third-order valence-corrected chi connectivity index (χ3v) is 4.07. The molecule has 0 radical (unpaired) electrons. The largest absolute Gasteiger partial charge is 0.494 e. The van der Waals surface area contributed by atoms with Gasteiger partial charge >= 0.3 is 0 Å². The van der Waals surface area contributed by atoms with E-state index in [1.54, 1.807) is 10.6 Å². The molecule has 3 rings (SSSR count). The van der Waals surface area contributed by atoms with Crippen LogP contribution in [-0.2, 0) is 6.54 Å². The summed E-state index contributed by atoms with van der Waals surface area (Å²) in [5.41, 5.74) is 1.72. The van der Waals surface area contributed by atoms with E-state index in [0.717, 1.165) is 29.3 Å². The minimum Gasteiger partial charge on any atom is -0.494 e. The molecule has 0 saturated heterocycles. The molecule has 0 amide bonds. The number of benzene rings is 1. The Labute approximate surface area is 147 Å². The molecule has 0 saturated carbocycles. The third-order valence-electron chi connectivity index (χ3n) is 4.07. The van der Waals surface area contributed by atoms with Gasteiger partial charge in [-0.25, -0.2) is 4.98 Å². The predicted molar refractivity (Wildman–Crippen MR) is 97.4 cm³/mol. The van der Waals surface area contributed by atoms with E-state index >= 15 is 0 Å². The number of hydrogen-bond donors (Lipinski definition) is 0. The van der Waals surface area contributed by atoms with Crippen molar-refractivity contribution in [2.75, 3.05) is 6.61 Å². The molecule has 2 aromatic heterocycles. The first-order valence-electron chi connectivity index (χ1n) is 8.68. The van der Waals surface area contributed by atoms with Crippen LogP contribution in [0.25, 0.3) is 5.78 Å². The molecule has 1 aromatic carbocycles. The van der Waals surface area contributed by atoms with Crippen molar-refractivity contribution in [1.82, 2.24) is 19.2 Å². The van der Waals surface area contributed by atoms with Crippen LogP contribution >= 0.6 is 0 Å². The number of nitrogens with zero attached hydrogens (tertiary/aromatic N) is 4. The van der Waals surface area contributed by atoms with Gasteiger partial charge in [-0.3, -0.25) is 9.48 Å². The summed E-state index contributed by atoms with van der Waals surface area (Å²) in [6.45, 7) is 9.23. The molecule has 0 aliphatic heterocycles. The van der Waals surface area contributed by atoms with Crippen LogP contribution in [-0.4, -0.2) is 25.8 Å². The number of aryl methyl sites for hydroxylation is 1. The van der Waals surface area contributed by atoms with E-state index in [9.17, 15) is 4.79 Å². The van der Waals surface area contributed by atoms with Crippen LogP contribution in [0.15, 0.2) is 35.1 Å². The Morgan fingerprint density at radius 2 is 2.00 bits per heavy atom. The minimum atomic E-state index is -0.104. The number of hydrogen-bond acceptors (Lipinski definition) is 4. The molecule has 0 atom stereocenters. The molecule has 6 heteroatoms. The fourth-order valence-electron chi connectivity index (χ4n) is 2.74. The number of rotatable bonds is 6. The highest BCUT2D eigenvalue weighted by molar-refractivity contribution is 5.32. The highest BCUT2D eigenvalue weighted by atomic mass is 16.5. The van der Waals surface area contributed by atoms with Gasteiger partial charge < -0.3 is 4.74 Å². The second-order valence-corrected chi connectivity index (χ2v) is 6.50. The molecule has 6 nitrogen and oxygen atoms in total.